The van der Waals surface area contributed by atoms with Crippen LogP contribution in [0.1, 0.15) is 26.2 Å². The molecule has 5 nitrogen and oxygen atoms in total. The topological polar surface area (TPSA) is 67.4 Å². The van der Waals surface area contributed by atoms with Crippen molar-refractivity contribution in [2.24, 2.45) is 0 Å². The summed E-state index contributed by atoms with van der Waals surface area (Å²) in [4.78, 5) is 22.4. The van der Waals surface area contributed by atoms with E-state index in [9.17, 15) is 9.59 Å². The highest BCUT2D eigenvalue weighted by Crippen LogP contribution is 2.21. The molecule has 15 heavy (non-hydrogen) atoms. The highest BCUT2D eigenvalue weighted by Gasteiger charge is 2.37. The van der Waals surface area contributed by atoms with Crippen LogP contribution >= 0.6 is 0 Å². The van der Waals surface area contributed by atoms with Gasteiger partial charge in [-0.1, -0.05) is 0 Å². The van der Waals surface area contributed by atoms with Gasteiger partial charge in [-0.05, 0) is 19.8 Å². The van der Waals surface area contributed by atoms with Gasteiger partial charge in [0.25, 0.3) is 0 Å². The molecular weight excluding hydrogens is 196 g/mol. The fraction of sp³-hybridized carbons (Fsp3) is 0.800. The third-order valence-electron chi connectivity index (χ3n) is 3.09. The van der Waals surface area contributed by atoms with Crippen LogP contribution in [0.3, 0.4) is 0 Å². The molecule has 0 saturated carbocycles. The van der Waals surface area contributed by atoms with Crippen molar-refractivity contribution in [3.63, 3.8) is 0 Å². The molecule has 2 N–H and O–H groups in total. The molecule has 2 amide bonds. The van der Waals surface area contributed by atoms with Gasteiger partial charge < -0.3 is 4.74 Å². The van der Waals surface area contributed by atoms with Gasteiger partial charge in [-0.25, -0.2) is 0 Å². The first-order chi connectivity index (χ1) is 7.09. The zero-order valence-corrected chi connectivity index (χ0v) is 8.84. The molecule has 5 heteroatoms. The van der Waals surface area contributed by atoms with Gasteiger partial charge in [0.05, 0.1) is 12.5 Å². The van der Waals surface area contributed by atoms with Gasteiger partial charge in [-0.2, -0.15) is 0 Å². The van der Waals surface area contributed by atoms with E-state index in [-0.39, 0.29) is 29.8 Å². The van der Waals surface area contributed by atoms with Crippen molar-refractivity contribution in [1.82, 2.24) is 10.6 Å². The van der Waals surface area contributed by atoms with E-state index < -0.39 is 0 Å². The Morgan fingerprint density at radius 3 is 2.60 bits per heavy atom. The smallest absolute Gasteiger partial charge is 0.244 e. The zero-order chi connectivity index (χ0) is 10.9. The minimum Gasteiger partial charge on any atom is -0.381 e. The molecule has 0 aliphatic carbocycles. The molecule has 1 unspecified atom stereocenters. The lowest BCUT2D eigenvalue weighted by atomic mass is 9.91. The van der Waals surface area contributed by atoms with Crippen molar-refractivity contribution in [2.75, 3.05) is 13.2 Å². The normalized spacial score (nSPS) is 30.3. The van der Waals surface area contributed by atoms with Crippen LogP contribution in [0, 0.1) is 0 Å². The van der Waals surface area contributed by atoms with E-state index in [0.29, 0.717) is 13.2 Å². The molecule has 0 radical (unpaired) electrons. The number of hydrogen-bond donors (Lipinski definition) is 2. The molecule has 0 aromatic rings. The van der Waals surface area contributed by atoms with Gasteiger partial charge in [-0.3, -0.25) is 20.2 Å². The Hall–Kier alpha value is -0.940. The summed E-state index contributed by atoms with van der Waals surface area (Å²) in [6.07, 6.45) is 2.02. The second kappa shape index (κ2) is 3.90. The van der Waals surface area contributed by atoms with Crippen LogP contribution in [0.5, 0.6) is 0 Å². The van der Waals surface area contributed by atoms with Gasteiger partial charge >= 0.3 is 0 Å². The predicted molar refractivity (Wildman–Crippen MR) is 53.1 cm³/mol. The molecule has 0 aromatic carbocycles. The van der Waals surface area contributed by atoms with E-state index >= 15 is 0 Å². The number of amides is 2. The Kier molecular flexibility index (Phi) is 2.75. The second-order valence-electron chi connectivity index (χ2n) is 4.49. The second-order valence-corrected chi connectivity index (χ2v) is 4.49. The average Bonchev–Trinajstić information content (AvgIpc) is 2.45. The molecule has 0 spiro atoms. The van der Waals surface area contributed by atoms with Gasteiger partial charge in [-0.15, -0.1) is 0 Å². The van der Waals surface area contributed by atoms with E-state index in [2.05, 4.69) is 17.6 Å². The van der Waals surface area contributed by atoms with E-state index in [0.717, 1.165) is 12.8 Å². The monoisotopic (exact) mass is 212 g/mol. The van der Waals surface area contributed by atoms with Crippen molar-refractivity contribution >= 4 is 11.8 Å². The molecule has 0 bridgehead atoms. The first kappa shape index (κ1) is 10.6. The minimum atomic E-state index is -0.361. The van der Waals surface area contributed by atoms with E-state index in [1.54, 1.807) is 0 Å². The lowest BCUT2D eigenvalue weighted by Crippen LogP contribution is -2.53. The fourth-order valence-corrected chi connectivity index (χ4v) is 2.06. The molecule has 2 aliphatic heterocycles. The summed E-state index contributed by atoms with van der Waals surface area (Å²) in [6, 6.07) is -0.361. The highest BCUT2D eigenvalue weighted by atomic mass is 16.5. The first-order valence-corrected chi connectivity index (χ1v) is 5.28. The summed E-state index contributed by atoms with van der Waals surface area (Å²) in [5.41, 5.74) is -0.0785. The largest absolute Gasteiger partial charge is 0.381 e. The summed E-state index contributed by atoms with van der Waals surface area (Å²) < 4.78 is 5.27. The van der Waals surface area contributed by atoms with Crippen molar-refractivity contribution in [1.29, 1.82) is 0 Å². The summed E-state index contributed by atoms with van der Waals surface area (Å²) >= 11 is 0. The summed E-state index contributed by atoms with van der Waals surface area (Å²) in [5, 5.41) is 5.56. The van der Waals surface area contributed by atoms with Gasteiger partial charge in [0.15, 0.2) is 0 Å². The van der Waals surface area contributed by atoms with E-state index in [1.165, 1.54) is 0 Å². The number of hydrogen-bond acceptors (Lipinski definition) is 4. The molecule has 2 saturated heterocycles. The van der Waals surface area contributed by atoms with Crippen molar-refractivity contribution < 1.29 is 14.3 Å². The first-order valence-electron chi connectivity index (χ1n) is 5.28. The SMILES string of the molecule is CC1(NC2CC(=O)NC2=O)CCOCC1. The third kappa shape index (κ3) is 2.35. The maximum absolute atomic E-state index is 11.4. The molecule has 0 aromatic heterocycles. The molecule has 2 rings (SSSR count). The Labute approximate surface area is 88.5 Å². The van der Waals surface area contributed by atoms with Gasteiger partial charge in [0.1, 0.15) is 0 Å². The van der Waals surface area contributed by atoms with Crippen molar-refractivity contribution in [3.05, 3.63) is 0 Å². The lowest BCUT2D eigenvalue weighted by Gasteiger charge is -2.36. The molecular formula is C10H16N2O3. The Morgan fingerprint density at radius 1 is 1.40 bits per heavy atom. The van der Waals surface area contributed by atoms with E-state index in [4.69, 9.17) is 4.74 Å². The maximum Gasteiger partial charge on any atom is 0.244 e. The number of ether oxygens (including phenoxy) is 1. The van der Waals surface area contributed by atoms with Crippen molar-refractivity contribution in [2.45, 2.75) is 37.8 Å². The van der Waals surface area contributed by atoms with Crippen LogP contribution in [0.4, 0.5) is 0 Å². The standard InChI is InChI=1S/C10H16N2O3/c1-10(2-4-15-5-3-10)12-7-6-8(13)11-9(7)14/h7,12H,2-6H2,1H3,(H,11,13,14). The Bertz CT molecular complexity index is 284. The van der Waals surface area contributed by atoms with Crippen LogP contribution < -0.4 is 10.6 Å². The van der Waals surface area contributed by atoms with Crippen LogP contribution in [0.25, 0.3) is 0 Å². The molecule has 2 aliphatic rings. The molecule has 84 valence electrons. The average molecular weight is 212 g/mol. The zero-order valence-electron chi connectivity index (χ0n) is 8.84. The molecule has 2 heterocycles. The molecule has 2 fully saturated rings. The number of rotatable bonds is 2. The highest BCUT2D eigenvalue weighted by molar-refractivity contribution is 6.05. The number of imide groups is 1. The third-order valence-corrected chi connectivity index (χ3v) is 3.09. The van der Waals surface area contributed by atoms with E-state index in [1.807, 2.05) is 0 Å². The minimum absolute atomic E-state index is 0.0785. The number of carbonyl (C=O) groups excluding carboxylic acids is 2. The Balaban J connectivity index is 1.95. The predicted octanol–water partition coefficient (Wildman–Crippen LogP) is -0.440. The van der Waals surface area contributed by atoms with Crippen LogP contribution in [-0.2, 0) is 14.3 Å². The summed E-state index contributed by atoms with van der Waals surface area (Å²) in [7, 11) is 0. The number of nitrogens with one attached hydrogen (secondary N) is 2. The fourth-order valence-electron chi connectivity index (χ4n) is 2.06. The van der Waals surface area contributed by atoms with Crippen molar-refractivity contribution in [3.8, 4) is 0 Å². The molecule has 1 atom stereocenters. The Morgan fingerprint density at radius 2 is 2.07 bits per heavy atom. The summed E-state index contributed by atoms with van der Waals surface area (Å²) in [6.45, 7) is 3.50. The van der Waals surface area contributed by atoms with Gasteiger partial charge in [0.2, 0.25) is 11.8 Å². The van der Waals surface area contributed by atoms with Crippen LogP contribution in [0.2, 0.25) is 0 Å². The maximum atomic E-state index is 11.4. The van der Waals surface area contributed by atoms with Crippen LogP contribution in [-0.4, -0.2) is 36.6 Å². The quantitative estimate of drug-likeness (QED) is 0.609. The van der Waals surface area contributed by atoms with Gasteiger partial charge in [0, 0.05) is 18.8 Å². The van der Waals surface area contributed by atoms with Crippen LogP contribution in [0.15, 0.2) is 0 Å². The lowest BCUT2D eigenvalue weighted by molar-refractivity contribution is -0.125. The summed E-state index contributed by atoms with van der Waals surface area (Å²) in [5.74, 6) is -0.388. The number of carbonyl (C=O) groups is 2.